The van der Waals surface area contributed by atoms with Crippen molar-refractivity contribution in [3.05, 3.63) is 11.6 Å². The van der Waals surface area contributed by atoms with Crippen molar-refractivity contribution in [2.45, 2.75) is 51.9 Å². The van der Waals surface area contributed by atoms with Gasteiger partial charge in [0.15, 0.2) is 0 Å². The Bertz CT molecular complexity index is 209. The zero-order valence-electron chi connectivity index (χ0n) is 9.76. The largest absolute Gasteiger partial charge is 0.478 e. The standard InChI is InChI=1S/C11H22O2Si/c1-5-14(6-2,7-3)9-8-10(4)11(12)13/h8H,5-7,9H2,1-4H3,(H,12,13). The molecule has 0 aliphatic carbocycles. The molecule has 0 aliphatic rings. The van der Waals surface area contributed by atoms with E-state index < -0.39 is 14.0 Å². The lowest BCUT2D eigenvalue weighted by Gasteiger charge is -2.26. The van der Waals surface area contributed by atoms with Crippen molar-refractivity contribution in [3.63, 3.8) is 0 Å². The van der Waals surface area contributed by atoms with E-state index in [1.54, 1.807) is 6.92 Å². The number of carbonyl (C=O) groups is 1. The summed E-state index contributed by atoms with van der Waals surface area (Å²) in [5.74, 6) is -0.781. The third-order valence-corrected chi connectivity index (χ3v) is 9.00. The van der Waals surface area contributed by atoms with E-state index in [2.05, 4.69) is 20.8 Å². The molecule has 0 saturated carbocycles. The Morgan fingerprint density at radius 3 is 1.93 bits per heavy atom. The molecule has 1 N–H and O–H groups in total. The highest BCUT2D eigenvalue weighted by Gasteiger charge is 2.25. The summed E-state index contributed by atoms with van der Waals surface area (Å²) >= 11 is 0. The lowest BCUT2D eigenvalue weighted by molar-refractivity contribution is -0.132. The van der Waals surface area contributed by atoms with Crippen LogP contribution in [0.1, 0.15) is 27.7 Å². The average molecular weight is 214 g/mol. The maximum Gasteiger partial charge on any atom is 0.330 e. The molecule has 0 aliphatic heterocycles. The SMILES string of the molecule is CC[Si](CC)(CC)CC=C(C)C(=O)O. The van der Waals surface area contributed by atoms with Crippen LogP contribution in [0.4, 0.5) is 0 Å². The summed E-state index contributed by atoms with van der Waals surface area (Å²) < 4.78 is 0. The fourth-order valence-corrected chi connectivity index (χ4v) is 4.75. The van der Waals surface area contributed by atoms with E-state index in [0.29, 0.717) is 5.57 Å². The first-order chi connectivity index (χ1) is 6.51. The number of hydrogen-bond acceptors (Lipinski definition) is 1. The topological polar surface area (TPSA) is 37.3 Å². The molecule has 14 heavy (non-hydrogen) atoms. The molecule has 0 aromatic carbocycles. The molecule has 3 heteroatoms. The highest BCUT2D eigenvalue weighted by atomic mass is 28.3. The van der Waals surface area contributed by atoms with Crippen LogP contribution in [0.5, 0.6) is 0 Å². The molecule has 0 atom stereocenters. The highest BCUT2D eigenvalue weighted by molar-refractivity contribution is 6.80. The fraction of sp³-hybridized carbons (Fsp3) is 0.727. The minimum absolute atomic E-state index is 0.497. The van der Waals surface area contributed by atoms with E-state index in [1.807, 2.05) is 6.08 Å². The van der Waals surface area contributed by atoms with Crippen molar-refractivity contribution in [2.75, 3.05) is 0 Å². The maximum atomic E-state index is 10.6. The Labute approximate surface area is 88.0 Å². The van der Waals surface area contributed by atoms with Crippen LogP contribution in [-0.4, -0.2) is 19.1 Å². The summed E-state index contributed by atoms with van der Waals surface area (Å²) in [6.07, 6.45) is 1.92. The zero-order chi connectivity index (χ0) is 11.2. The van der Waals surface area contributed by atoms with Crippen LogP contribution >= 0.6 is 0 Å². The number of allylic oxidation sites excluding steroid dienone is 1. The molecule has 0 fully saturated rings. The summed E-state index contributed by atoms with van der Waals surface area (Å²) in [6.45, 7) is 8.40. The lowest BCUT2D eigenvalue weighted by atomic mass is 10.3. The molecule has 0 aromatic rings. The number of carboxylic acid groups (broad SMARTS) is 1. The second-order valence-corrected chi connectivity index (χ2v) is 9.49. The van der Waals surface area contributed by atoms with Gasteiger partial charge in [0.05, 0.1) is 8.07 Å². The van der Waals surface area contributed by atoms with Gasteiger partial charge in [0, 0.05) is 5.57 Å². The van der Waals surface area contributed by atoms with Gasteiger partial charge in [-0.25, -0.2) is 4.79 Å². The molecular formula is C11H22O2Si. The summed E-state index contributed by atoms with van der Waals surface area (Å²) in [4.78, 5) is 10.6. The monoisotopic (exact) mass is 214 g/mol. The molecule has 0 spiro atoms. The van der Waals surface area contributed by atoms with Gasteiger partial charge in [-0.05, 0) is 13.0 Å². The number of carboxylic acids is 1. The second-order valence-electron chi connectivity index (χ2n) is 3.96. The molecule has 0 rings (SSSR count). The number of aliphatic carboxylic acids is 1. The second kappa shape index (κ2) is 6.01. The van der Waals surface area contributed by atoms with Crippen molar-refractivity contribution < 1.29 is 9.90 Å². The first-order valence-corrected chi connectivity index (χ1v) is 8.24. The van der Waals surface area contributed by atoms with Gasteiger partial charge in [0.25, 0.3) is 0 Å². The van der Waals surface area contributed by atoms with E-state index in [-0.39, 0.29) is 0 Å². The molecule has 0 amide bonds. The first-order valence-electron chi connectivity index (χ1n) is 5.41. The Balaban J connectivity index is 4.46. The van der Waals surface area contributed by atoms with Crippen molar-refractivity contribution in [3.8, 4) is 0 Å². The van der Waals surface area contributed by atoms with Crippen LogP contribution < -0.4 is 0 Å². The Morgan fingerprint density at radius 2 is 1.64 bits per heavy atom. The Kier molecular flexibility index (Phi) is 5.77. The van der Waals surface area contributed by atoms with E-state index in [0.717, 1.165) is 6.04 Å². The number of rotatable bonds is 6. The Morgan fingerprint density at radius 1 is 1.21 bits per heavy atom. The van der Waals surface area contributed by atoms with Crippen molar-refractivity contribution in [1.29, 1.82) is 0 Å². The molecule has 0 unspecified atom stereocenters. The predicted molar refractivity (Wildman–Crippen MR) is 63.4 cm³/mol. The van der Waals surface area contributed by atoms with Crippen molar-refractivity contribution >= 4 is 14.0 Å². The van der Waals surface area contributed by atoms with Crippen LogP contribution in [0.2, 0.25) is 24.2 Å². The molecule has 0 aromatic heterocycles. The van der Waals surface area contributed by atoms with Gasteiger partial charge in [-0.15, -0.1) is 0 Å². The Hall–Kier alpha value is -0.573. The first kappa shape index (κ1) is 13.4. The third-order valence-electron chi connectivity index (χ3n) is 3.43. The number of hydrogen-bond donors (Lipinski definition) is 1. The smallest absolute Gasteiger partial charge is 0.330 e. The van der Waals surface area contributed by atoms with Gasteiger partial charge in [0.1, 0.15) is 0 Å². The predicted octanol–water partition coefficient (Wildman–Crippen LogP) is 3.53. The van der Waals surface area contributed by atoms with Crippen LogP contribution in [0, 0.1) is 0 Å². The quantitative estimate of drug-likeness (QED) is 0.542. The van der Waals surface area contributed by atoms with Gasteiger partial charge >= 0.3 is 5.97 Å². The van der Waals surface area contributed by atoms with Crippen LogP contribution in [0.3, 0.4) is 0 Å². The van der Waals surface area contributed by atoms with Gasteiger partial charge in [0.2, 0.25) is 0 Å². The van der Waals surface area contributed by atoms with Crippen molar-refractivity contribution in [2.24, 2.45) is 0 Å². The van der Waals surface area contributed by atoms with Crippen LogP contribution in [0.15, 0.2) is 11.6 Å². The lowest BCUT2D eigenvalue weighted by Crippen LogP contribution is -2.30. The van der Waals surface area contributed by atoms with E-state index >= 15 is 0 Å². The maximum absolute atomic E-state index is 10.6. The molecule has 0 bridgehead atoms. The van der Waals surface area contributed by atoms with Gasteiger partial charge in [-0.1, -0.05) is 45.0 Å². The van der Waals surface area contributed by atoms with Crippen LogP contribution in [0.25, 0.3) is 0 Å². The van der Waals surface area contributed by atoms with Crippen molar-refractivity contribution in [1.82, 2.24) is 0 Å². The average Bonchev–Trinajstić information content (AvgIpc) is 2.20. The van der Waals surface area contributed by atoms with Crippen LogP contribution in [-0.2, 0) is 4.79 Å². The summed E-state index contributed by atoms with van der Waals surface area (Å²) in [5.41, 5.74) is 0.497. The molecule has 0 saturated heterocycles. The molecule has 82 valence electrons. The van der Waals surface area contributed by atoms with E-state index in [9.17, 15) is 4.79 Å². The van der Waals surface area contributed by atoms with Gasteiger partial charge in [-0.3, -0.25) is 0 Å². The minimum atomic E-state index is -1.17. The minimum Gasteiger partial charge on any atom is -0.478 e. The normalized spacial score (nSPS) is 13.0. The van der Waals surface area contributed by atoms with E-state index in [4.69, 9.17) is 5.11 Å². The molecular weight excluding hydrogens is 192 g/mol. The third kappa shape index (κ3) is 3.66. The molecule has 2 nitrogen and oxygen atoms in total. The highest BCUT2D eigenvalue weighted by Crippen LogP contribution is 2.25. The summed E-state index contributed by atoms with van der Waals surface area (Å²) in [6, 6.07) is 4.78. The summed E-state index contributed by atoms with van der Waals surface area (Å²) in [5, 5.41) is 8.74. The van der Waals surface area contributed by atoms with E-state index in [1.165, 1.54) is 18.1 Å². The summed E-state index contributed by atoms with van der Waals surface area (Å²) in [7, 11) is -1.17. The fourth-order valence-electron chi connectivity index (χ4n) is 1.64. The molecule has 0 heterocycles. The van der Waals surface area contributed by atoms with Gasteiger partial charge in [-0.2, -0.15) is 0 Å². The zero-order valence-corrected chi connectivity index (χ0v) is 10.8. The molecule has 0 radical (unpaired) electrons. The van der Waals surface area contributed by atoms with Gasteiger partial charge < -0.3 is 5.11 Å².